The molecule has 2 aromatic carbocycles. The number of hydrogen-bond donors (Lipinski definition) is 1. The van der Waals surface area contributed by atoms with Crippen LogP contribution in [0.4, 0.5) is 5.69 Å². The summed E-state index contributed by atoms with van der Waals surface area (Å²) in [5.74, 6) is 1.04. The Labute approximate surface area is 178 Å². The fraction of sp³-hybridized carbons (Fsp3) is 0.417. The molecule has 0 bridgehead atoms. The van der Waals surface area contributed by atoms with Crippen LogP contribution in [0.3, 0.4) is 0 Å². The van der Waals surface area contributed by atoms with Crippen LogP contribution >= 0.6 is 0 Å². The van der Waals surface area contributed by atoms with Crippen molar-refractivity contribution < 1.29 is 14.3 Å². The summed E-state index contributed by atoms with van der Waals surface area (Å²) in [5, 5.41) is 2.98. The van der Waals surface area contributed by atoms with E-state index in [0.717, 1.165) is 43.8 Å². The first-order valence-corrected chi connectivity index (χ1v) is 10.6. The Bertz CT molecular complexity index is 790. The van der Waals surface area contributed by atoms with Gasteiger partial charge in [0.2, 0.25) is 11.8 Å². The molecule has 0 saturated carbocycles. The van der Waals surface area contributed by atoms with Crippen molar-refractivity contribution in [2.75, 3.05) is 45.2 Å². The summed E-state index contributed by atoms with van der Waals surface area (Å²) in [6.07, 6.45) is 2.35. The van der Waals surface area contributed by atoms with Crippen molar-refractivity contribution in [1.82, 2.24) is 9.80 Å². The van der Waals surface area contributed by atoms with Crippen molar-refractivity contribution in [3.63, 3.8) is 0 Å². The van der Waals surface area contributed by atoms with Gasteiger partial charge in [0.05, 0.1) is 13.2 Å². The highest BCUT2D eigenvalue weighted by Crippen LogP contribution is 2.19. The maximum Gasteiger partial charge on any atom is 0.236 e. The number of ether oxygens (including phenoxy) is 1. The van der Waals surface area contributed by atoms with Crippen LogP contribution in [0, 0.1) is 5.92 Å². The minimum Gasteiger partial charge on any atom is -0.494 e. The number of carbonyl (C=O) groups excluding carboxylic acids is 2. The van der Waals surface area contributed by atoms with Crippen LogP contribution in [0.15, 0.2) is 60.7 Å². The standard InChI is InChI=1S/C24H31N3O3/c1-26(15-8-18-30-22-11-6-3-7-12-22)23(28)19-27-16-13-20(14-17-27)24(29)25-21-9-4-2-5-10-21/h2-7,9-12,20H,8,13-19H2,1H3,(H,25,29). The van der Waals surface area contributed by atoms with Crippen molar-refractivity contribution >= 4 is 17.5 Å². The summed E-state index contributed by atoms with van der Waals surface area (Å²) in [5.41, 5.74) is 0.831. The van der Waals surface area contributed by atoms with E-state index in [1.54, 1.807) is 4.90 Å². The van der Waals surface area contributed by atoms with E-state index >= 15 is 0 Å². The summed E-state index contributed by atoms with van der Waals surface area (Å²) < 4.78 is 5.68. The molecule has 0 radical (unpaired) electrons. The van der Waals surface area contributed by atoms with Crippen LogP contribution in [0.5, 0.6) is 5.75 Å². The van der Waals surface area contributed by atoms with Gasteiger partial charge in [-0.25, -0.2) is 0 Å². The Kier molecular flexibility index (Phi) is 8.27. The van der Waals surface area contributed by atoms with E-state index in [1.165, 1.54) is 0 Å². The molecule has 1 aliphatic heterocycles. The molecular formula is C24H31N3O3. The maximum atomic E-state index is 12.5. The monoisotopic (exact) mass is 409 g/mol. The molecule has 6 heteroatoms. The molecule has 0 aliphatic carbocycles. The van der Waals surface area contributed by atoms with Gasteiger partial charge in [-0.05, 0) is 56.6 Å². The van der Waals surface area contributed by atoms with Gasteiger partial charge in [-0.3, -0.25) is 14.5 Å². The number of amides is 2. The van der Waals surface area contributed by atoms with Crippen molar-refractivity contribution in [3.8, 4) is 5.75 Å². The van der Waals surface area contributed by atoms with Crippen molar-refractivity contribution in [1.29, 1.82) is 0 Å². The van der Waals surface area contributed by atoms with Gasteiger partial charge in [0.15, 0.2) is 0 Å². The molecule has 160 valence electrons. The molecule has 0 atom stereocenters. The van der Waals surface area contributed by atoms with Gasteiger partial charge in [0.25, 0.3) is 0 Å². The fourth-order valence-electron chi connectivity index (χ4n) is 3.56. The predicted molar refractivity (Wildman–Crippen MR) is 118 cm³/mol. The minimum absolute atomic E-state index is 0.00410. The normalized spacial score (nSPS) is 14.8. The topological polar surface area (TPSA) is 61.9 Å². The molecule has 0 spiro atoms. The Morgan fingerprint density at radius 3 is 2.33 bits per heavy atom. The molecule has 0 aromatic heterocycles. The molecule has 1 aliphatic rings. The van der Waals surface area contributed by atoms with Crippen LogP contribution in [0.2, 0.25) is 0 Å². The van der Waals surface area contributed by atoms with E-state index in [-0.39, 0.29) is 17.7 Å². The first kappa shape index (κ1) is 21.8. The number of benzene rings is 2. The zero-order chi connectivity index (χ0) is 21.2. The lowest BCUT2D eigenvalue weighted by molar-refractivity contribution is -0.131. The van der Waals surface area contributed by atoms with Gasteiger partial charge in [0, 0.05) is 25.2 Å². The summed E-state index contributed by atoms with van der Waals surface area (Å²) in [4.78, 5) is 28.8. The minimum atomic E-state index is 0.00410. The second kappa shape index (κ2) is 11.4. The smallest absolute Gasteiger partial charge is 0.236 e. The number of likely N-dealkylation sites (N-methyl/N-ethyl adjacent to an activating group) is 1. The highest BCUT2D eigenvalue weighted by Gasteiger charge is 2.26. The number of rotatable bonds is 9. The average molecular weight is 410 g/mol. The molecule has 2 aromatic rings. The number of carbonyl (C=O) groups is 2. The van der Waals surface area contributed by atoms with E-state index in [4.69, 9.17) is 4.74 Å². The lowest BCUT2D eigenvalue weighted by Crippen LogP contribution is -2.44. The number of para-hydroxylation sites is 2. The van der Waals surface area contributed by atoms with E-state index in [1.807, 2.05) is 67.7 Å². The van der Waals surface area contributed by atoms with Gasteiger partial charge in [0.1, 0.15) is 5.75 Å². The van der Waals surface area contributed by atoms with Gasteiger partial charge in [-0.2, -0.15) is 0 Å². The highest BCUT2D eigenvalue weighted by atomic mass is 16.5. The average Bonchev–Trinajstić information content (AvgIpc) is 2.78. The van der Waals surface area contributed by atoms with E-state index in [0.29, 0.717) is 19.7 Å². The third kappa shape index (κ3) is 6.88. The number of nitrogens with zero attached hydrogens (tertiary/aromatic N) is 2. The van der Waals surface area contributed by atoms with Gasteiger partial charge in [-0.1, -0.05) is 36.4 Å². The van der Waals surface area contributed by atoms with Crippen LogP contribution in [-0.4, -0.2) is 61.4 Å². The summed E-state index contributed by atoms with van der Waals surface area (Å²) in [7, 11) is 1.84. The Hall–Kier alpha value is -2.86. The van der Waals surface area contributed by atoms with Crippen molar-refractivity contribution in [2.24, 2.45) is 5.92 Å². The number of anilines is 1. The first-order chi connectivity index (χ1) is 14.6. The molecule has 3 rings (SSSR count). The number of piperidine rings is 1. The molecular weight excluding hydrogens is 378 g/mol. The van der Waals surface area contributed by atoms with E-state index in [9.17, 15) is 9.59 Å². The van der Waals surface area contributed by atoms with E-state index < -0.39 is 0 Å². The lowest BCUT2D eigenvalue weighted by atomic mass is 9.95. The van der Waals surface area contributed by atoms with E-state index in [2.05, 4.69) is 10.2 Å². The summed E-state index contributed by atoms with van der Waals surface area (Å²) >= 11 is 0. The molecule has 1 fully saturated rings. The molecule has 0 unspecified atom stereocenters. The predicted octanol–water partition coefficient (Wildman–Crippen LogP) is 3.26. The second-order valence-corrected chi connectivity index (χ2v) is 7.74. The Morgan fingerprint density at radius 2 is 1.67 bits per heavy atom. The van der Waals surface area contributed by atoms with Crippen LogP contribution in [-0.2, 0) is 9.59 Å². The number of nitrogens with one attached hydrogen (secondary N) is 1. The first-order valence-electron chi connectivity index (χ1n) is 10.6. The number of hydrogen-bond acceptors (Lipinski definition) is 4. The zero-order valence-corrected chi connectivity index (χ0v) is 17.6. The van der Waals surface area contributed by atoms with Crippen LogP contribution in [0.1, 0.15) is 19.3 Å². The molecule has 6 nitrogen and oxygen atoms in total. The molecule has 2 amide bonds. The van der Waals surface area contributed by atoms with Gasteiger partial charge >= 0.3 is 0 Å². The maximum absolute atomic E-state index is 12.5. The van der Waals surface area contributed by atoms with Crippen LogP contribution < -0.4 is 10.1 Å². The third-order valence-electron chi connectivity index (χ3n) is 5.43. The molecule has 1 saturated heterocycles. The lowest BCUT2D eigenvalue weighted by Gasteiger charge is -2.31. The highest BCUT2D eigenvalue weighted by molar-refractivity contribution is 5.92. The van der Waals surface area contributed by atoms with Crippen LogP contribution in [0.25, 0.3) is 0 Å². The van der Waals surface area contributed by atoms with Crippen molar-refractivity contribution in [2.45, 2.75) is 19.3 Å². The fourth-order valence-corrected chi connectivity index (χ4v) is 3.56. The number of likely N-dealkylation sites (tertiary alicyclic amines) is 1. The zero-order valence-electron chi connectivity index (χ0n) is 17.6. The van der Waals surface area contributed by atoms with Crippen molar-refractivity contribution in [3.05, 3.63) is 60.7 Å². The molecule has 1 heterocycles. The second-order valence-electron chi connectivity index (χ2n) is 7.74. The molecule has 1 N–H and O–H groups in total. The van der Waals surface area contributed by atoms with Gasteiger partial charge in [-0.15, -0.1) is 0 Å². The third-order valence-corrected chi connectivity index (χ3v) is 5.43. The quantitative estimate of drug-likeness (QED) is 0.646. The summed E-state index contributed by atoms with van der Waals surface area (Å²) in [6.45, 7) is 3.20. The Morgan fingerprint density at radius 1 is 1.03 bits per heavy atom. The SMILES string of the molecule is CN(CCCOc1ccccc1)C(=O)CN1CCC(C(=O)Nc2ccccc2)CC1. The van der Waals surface area contributed by atoms with Gasteiger partial charge < -0.3 is 15.0 Å². The largest absolute Gasteiger partial charge is 0.494 e. The molecule has 30 heavy (non-hydrogen) atoms. The Balaban J connectivity index is 1.31. The summed E-state index contributed by atoms with van der Waals surface area (Å²) in [6, 6.07) is 19.2.